The molecule has 16 heavy (non-hydrogen) atoms. The fourth-order valence-electron chi connectivity index (χ4n) is 1.41. The Bertz CT molecular complexity index is 669. The summed E-state index contributed by atoms with van der Waals surface area (Å²) in [7, 11) is 0. The Labute approximate surface area is 95.7 Å². The zero-order chi connectivity index (χ0) is 10.8. The lowest BCUT2D eigenvalue weighted by Gasteiger charge is -1.91. The first-order valence-electron chi connectivity index (χ1n) is 4.81. The Balaban J connectivity index is 2.23. The number of aromatic nitrogens is 3. The third-order valence-corrected chi connectivity index (χ3v) is 2.87. The molecule has 0 unspecified atom stereocenters. The molecule has 0 spiro atoms. The Morgan fingerprint density at radius 3 is 3.06 bits per heavy atom. The molecule has 3 rings (SSSR count). The van der Waals surface area contributed by atoms with Crippen LogP contribution in [0.4, 0.5) is 5.69 Å². The van der Waals surface area contributed by atoms with Crippen LogP contribution >= 0.6 is 11.5 Å². The van der Waals surface area contributed by atoms with E-state index in [1.54, 1.807) is 12.4 Å². The average Bonchev–Trinajstić information content (AvgIpc) is 2.74. The van der Waals surface area contributed by atoms with Crippen LogP contribution in [0.2, 0.25) is 0 Å². The third kappa shape index (κ3) is 1.61. The van der Waals surface area contributed by atoms with Gasteiger partial charge in [0.2, 0.25) is 4.80 Å². The fraction of sp³-hybridized carbons (Fsp3) is 0. The number of hydrogen-bond acceptors (Lipinski definition) is 4. The van der Waals surface area contributed by atoms with Gasteiger partial charge in [0.25, 0.3) is 0 Å². The Morgan fingerprint density at radius 1 is 1.19 bits per heavy atom. The van der Waals surface area contributed by atoms with Gasteiger partial charge in [0.15, 0.2) is 5.65 Å². The SMILES string of the molecule is c1cncc(N=c2snc3ccccn23)c1. The Morgan fingerprint density at radius 2 is 2.19 bits per heavy atom. The molecular formula is C11H8N4S. The first kappa shape index (κ1) is 9.23. The van der Waals surface area contributed by atoms with E-state index in [4.69, 9.17) is 0 Å². The van der Waals surface area contributed by atoms with Crippen molar-refractivity contribution < 1.29 is 0 Å². The maximum absolute atomic E-state index is 4.49. The minimum Gasteiger partial charge on any atom is -0.275 e. The average molecular weight is 228 g/mol. The highest BCUT2D eigenvalue weighted by atomic mass is 32.1. The highest BCUT2D eigenvalue weighted by Crippen LogP contribution is 2.07. The van der Waals surface area contributed by atoms with Gasteiger partial charge in [-0.1, -0.05) is 6.07 Å². The van der Waals surface area contributed by atoms with Crippen LogP contribution in [0.5, 0.6) is 0 Å². The summed E-state index contributed by atoms with van der Waals surface area (Å²) in [6.45, 7) is 0. The van der Waals surface area contributed by atoms with Gasteiger partial charge in [0.1, 0.15) is 0 Å². The Hall–Kier alpha value is -2.01. The van der Waals surface area contributed by atoms with Crippen LogP contribution in [-0.2, 0) is 0 Å². The van der Waals surface area contributed by atoms with E-state index < -0.39 is 0 Å². The summed E-state index contributed by atoms with van der Waals surface area (Å²) in [4.78, 5) is 9.36. The normalized spacial score (nSPS) is 12.1. The van der Waals surface area contributed by atoms with Crippen molar-refractivity contribution in [3.05, 3.63) is 53.7 Å². The van der Waals surface area contributed by atoms with Crippen molar-refractivity contribution in [1.82, 2.24) is 13.8 Å². The predicted octanol–water partition coefficient (Wildman–Crippen LogP) is 2.02. The zero-order valence-corrected chi connectivity index (χ0v) is 9.13. The van der Waals surface area contributed by atoms with Crippen LogP contribution in [0.15, 0.2) is 53.9 Å². The molecule has 0 saturated carbocycles. The van der Waals surface area contributed by atoms with Gasteiger partial charge in [-0.3, -0.25) is 9.38 Å². The van der Waals surface area contributed by atoms with Crippen molar-refractivity contribution in [3.8, 4) is 0 Å². The number of nitrogens with zero attached hydrogens (tertiary/aromatic N) is 4. The van der Waals surface area contributed by atoms with Crippen LogP contribution in [0.1, 0.15) is 0 Å². The number of hydrogen-bond donors (Lipinski definition) is 0. The molecule has 0 saturated heterocycles. The van der Waals surface area contributed by atoms with Crippen molar-refractivity contribution >= 4 is 22.9 Å². The van der Waals surface area contributed by atoms with Gasteiger partial charge in [-0.25, -0.2) is 4.99 Å². The van der Waals surface area contributed by atoms with E-state index in [0.717, 1.165) is 16.1 Å². The van der Waals surface area contributed by atoms with Crippen molar-refractivity contribution in [2.24, 2.45) is 4.99 Å². The molecule has 0 aliphatic rings. The molecule has 0 radical (unpaired) electrons. The molecule has 0 bridgehead atoms. The second-order valence-corrected chi connectivity index (χ2v) is 3.95. The first-order valence-corrected chi connectivity index (χ1v) is 5.59. The van der Waals surface area contributed by atoms with E-state index in [1.165, 1.54) is 11.5 Å². The standard InChI is InChI=1S/C11H8N4S/c1-2-7-15-10(5-1)14-16-11(15)13-9-4-3-6-12-8-9/h1-8H. The second kappa shape index (κ2) is 3.86. The van der Waals surface area contributed by atoms with Gasteiger partial charge in [0, 0.05) is 23.9 Å². The smallest absolute Gasteiger partial charge is 0.213 e. The molecule has 78 valence electrons. The van der Waals surface area contributed by atoms with Crippen molar-refractivity contribution in [3.63, 3.8) is 0 Å². The van der Waals surface area contributed by atoms with Gasteiger partial charge < -0.3 is 0 Å². The zero-order valence-electron chi connectivity index (χ0n) is 8.32. The van der Waals surface area contributed by atoms with Crippen molar-refractivity contribution in [2.75, 3.05) is 0 Å². The highest BCUT2D eigenvalue weighted by molar-refractivity contribution is 7.03. The summed E-state index contributed by atoms with van der Waals surface area (Å²) in [5.74, 6) is 0. The molecule has 0 aliphatic carbocycles. The first-order chi connectivity index (χ1) is 7.93. The van der Waals surface area contributed by atoms with Crippen LogP contribution in [-0.4, -0.2) is 13.8 Å². The molecule has 4 nitrogen and oxygen atoms in total. The van der Waals surface area contributed by atoms with E-state index in [-0.39, 0.29) is 0 Å². The molecule has 5 heteroatoms. The van der Waals surface area contributed by atoms with E-state index in [2.05, 4.69) is 14.3 Å². The van der Waals surface area contributed by atoms with Crippen LogP contribution < -0.4 is 4.80 Å². The molecular weight excluding hydrogens is 220 g/mol. The summed E-state index contributed by atoms with van der Waals surface area (Å²) in [6, 6.07) is 9.67. The summed E-state index contributed by atoms with van der Waals surface area (Å²) in [5.41, 5.74) is 1.75. The van der Waals surface area contributed by atoms with Crippen LogP contribution in [0.3, 0.4) is 0 Å². The Kier molecular flexibility index (Phi) is 2.23. The quantitative estimate of drug-likeness (QED) is 0.639. The third-order valence-electron chi connectivity index (χ3n) is 2.14. The van der Waals surface area contributed by atoms with E-state index in [9.17, 15) is 0 Å². The molecule has 0 atom stereocenters. The molecule has 0 fully saturated rings. The molecule has 3 aromatic heterocycles. The van der Waals surface area contributed by atoms with E-state index >= 15 is 0 Å². The van der Waals surface area contributed by atoms with Gasteiger partial charge in [0.05, 0.1) is 11.9 Å². The lowest BCUT2D eigenvalue weighted by Crippen LogP contribution is -2.04. The molecule has 0 amide bonds. The van der Waals surface area contributed by atoms with Gasteiger partial charge in [-0.05, 0) is 24.3 Å². The lowest BCUT2D eigenvalue weighted by molar-refractivity contribution is 1.09. The maximum Gasteiger partial charge on any atom is 0.213 e. The minimum absolute atomic E-state index is 0.837. The lowest BCUT2D eigenvalue weighted by atomic mass is 10.4. The fourth-order valence-corrected chi connectivity index (χ4v) is 2.12. The minimum atomic E-state index is 0.837. The van der Waals surface area contributed by atoms with Gasteiger partial charge >= 0.3 is 0 Å². The number of fused-ring (bicyclic) bond motifs is 1. The van der Waals surface area contributed by atoms with E-state index in [0.29, 0.717) is 0 Å². The predicted molar refractivity (Wildman–Crippen MR) is 62.5 cm³/mol. The number of rotatable bonds is 1. The molecule has 0 N–H and O–H groups in total. The summed E-state index contributed by atoms with van der Waals surface area (Å²) in [6.07, 6.45) is 5.42. The summed E-state index contributed by atoms with van der Waals surface area (Å²) >= 11 is 1.38. The molecule has 0 aliphatic heterocycles. The molecule has 0 aromatic carbocycles. The molecule has 3 aromatic rings. The summed E-state index contributed by atoms with van der Waals surface area (Å²) < 4.78 is 6.26. The van der Waals surface area contributed by atoms with Gasteiger partial charge in [-0.2, -0.15) is 4.37 Å². The van der Waals surface area contributed by atoms with Gasteiger partial charge in [-0.15, -0.1) is 0 Å². The maximum atomic E-state index is 4.49. The van der Waals surface area contributed by atoms with Crippen LogP contribution in [0, 0.1) is 0 Å². The van der Waals surface area contributed by atoms with E-state index in [1.807, 2.05) is 40.9 Å². The highest BCUT2D eigenvalue weighted by Gasteiger charge is 1.96. The topological polar surface area (TPSA) is 42.5 Å². The second-order valence-electron chi connectivity index (χ2n) is 3.22. The number of pyridine rings is 2. The molecule has 3 heterocycles. The van der Waals surface area contributed by atoms with Crippen molar-refractivity contribution in [1.29, 1.82) is 0 Å². The summed E-state index contributed by atoms with van der Waals surface area (Å²) in [5, 5.41) is 0. The van der Waals surface area contributed by atoms with Crippen molar-refractivity contribution in [2.45, 2.75) is 0 Å². The van der Waals surface area contributed by atoms with Crippen LogP contribution in [0.25, 0.3) is 5.65 Å². The largest absolute Gasteiger partial charge is 0.275 e. The monoisotopic (exact) mass is 228 g/mol.